The smallest absolute Gasteiger partial charge is 0.223 e. The molecule has 140 valence electrons. The number of imidazole rings is 1. The molecule has 2 saturated heterocycles. The second-order valence-corrected chi connectivity index (χ2v) is 8.41. The van der Waals surface area contributed by atoms with Gasteiger partial charge in [0.1, 0.15) is 0 Å². The zero-order valence-electron chi connectivity index (χ0n) is 15.1. The summed E-state index contributed by atoms with van der Waals surface area (Å²) < 4.78 is 0. The highest BCUT2D eigenvalue weighted by Gasteiger charge is 2.45. The number of thioether (sulfide) groups is 1. The van der Waals surface area contributed by atoms with Gasteiger partial charge in [-0.15, -0.1) is 0 Å². The topological polar surface area (TPSA) is 72.5 Å². The summed E-state index contributed by atoms with van der Waals surface area (Å²) in [6.45, 7) is 4.78. The molecule has 1 aromatic heterocycles. The van der Waals surface area contributed by atoms with Crippen LogP contribution in [0.25, 0.3) is 0 Å². The van der Waals surface area contributed by atoms with Crippen molar-refractivity contribution < 1.29 is 9.90 Å². The summed E-state index contributed by atoms with van der Waals surface area (Å²) in [5.41, 5.74) is 1.36. The number of likely N-dealkylation sites (tertiary alicyclic amines) is 2. The number of aliphatic hydroxyl groups is 1. The number of piperidine rings is 2. The van der Waals surface area contributed by atoms with Crippen molar-refractivity contribution >= 4 is 17.7 Å². The molecule has 1 spiro atoms. The standard InChI is InChI=1S/C18H30N4O2S/c1-25-9-2-17(24)22-8-5-18(15(11-22)13-23)3-6-21(7-4-18)12-16-10-19-14-20-16/h10,14-15,23H,2-9,11-13H2,1H3,(H,19,20)/t15-/m0/s1. The molecule has 1 atom stereocenters. The van der Waals surface area contributed by atoms with Crippen LogP contribution in [0.3, 0.4) is 0 Å². The number of nitrogens with one attached hydrogen (secondary N) is 1. The van der Waals surface area contributed by atoms with E-state index in [1.54, 1.807) is 18.1 Å². The van der Waals surface area contributed by atoms with Crippen molar-refractivity contribution in [1.29, 1.82) is 0 Å². The Morgan fingerprint density at radius 3 is 2.80 bits per heavy atom. The number of hydrogen-bond donors (Lipinski definition) is 2. The summed E-state index contributed by atoms with van der Waals surface area (Å²) >= 11 is 1.71. The summed E-state index contributed by atoms with van der Waals surface area (Å²) in [4.78, 5) is 24.0. The summed E-state index contributed by atoms with van der Waals surface area (Å²) in [7, 11) is 0. The number of aromatic nitrogens is 2. The third kappa shape index (κ3) is 4.38. The minimum absolute atomic E-state index is 0.187. The van der Waals surface area contributed by atoms with E-state index in [4.69, 9.17) is 0 Å². The summed E-state index contributed by atoms with van der Waals surface area (Å²) in [5, 5.41) is 9.99. The van der Waals surface area contributed by atoms with E-state index in [1.807, 2.05) is 17.4 Å². The van der Waals surface area contributed by atoms with Gasteiger partial charge in [-0.05, 0) is 44.0 Å². The first kappa shape index (κ1) is 18.7. The number of aliphatic hydroxyl groups excluding tert-OH is 1. The molecule has 3 heterocycles. The molecule has 0 saturated carbocycles. The minimum atomic E-state index is 0.187. The number of aromatic amines is 1. The zero-order valence-corrected chi connectivity index (χ0v) is 15.9. The van der Waals surface area contributed by atoms with E-state index in [2.05, 4.69) is 14.9 Å². The lowest BCUT2D eigenvalue weighted by Crippen LogP contribution is -2.54. The van der Waals surface area contributed by atoms with Gasteiger partial charge in [0, 0.05) is 56.2 Å². The molecular formula is C18H30N4O2S. The van der Waals surface area contributed by atoms with E-state index in [-0.39, 0.29) is 23.8 Å². The third-order valence-corrected chi connectivity index (χ3v) is 6.69. The van der Waals surface area contributed by atoms with Crippen molar-refractivity contribution in [3.05, 3.63) is 18.2 Å². The van der Waals surface area contributed by atoms with Crippen molar-refractivity contribution in [3.63, 3.8) is 0 Å². The molecule has 0 aromatic carbocycles. The van der Waals surface area contributed by atoms with E-state index in [1.165, 1.54) is 0 Å². The molecule has 0 radical (unpaired) electrons. The van der Waals surface area contributed by atoms with Gasteiger partial charge >= 0.3 is 0 Å². The lowest BCUT2D eigenvalue weighted by molar-refractivity contribution is -0.137. The average molecular weight is 367 g/mol. The molecule has 25 heavy (non-hydrogen) atoms. The van der Waals surface area contributed by atoms with Gasteiger partial charge in [-0.1, -0.05) is 0 Å². The Bertz CT molecular complexity index is 543. The van der Waals surface area contributed by atoms with Gasteiger partial charge in [-0.25, -0.2) is 4.98 Å². The van der Waals surface area contributed by atoms with Crippen molar-refractivity contribution in [3.8, 4) is 0 Å². The van der Waals surface area contributed by atoms with Crippen LogP contribution in [-0.4, -0.2) is 75.6 Å². The lowest BCUT2D eigenvalue weighted by Gasteiger charge is -2.51. The molecule has 1 aromatic rings. The van der Waals surface area contributed by atoms with Crippen LogP contribution in [0.4, 0.5) is 0 Å². The Kier molecular flexibility index (Phi) is 6.41. The van der Waals surface area contributed by atoms with Crippen LogP contribution in [0.1, 0.15) is 31.4 Å². The lowest BCUT2D eigenvalue weighted by atomic mass is 9.64. The van der Waals surface area contributed by atoms with E-state index < -0.39 is 0 Å². The highest BCUT2D eigenvalue weighted by Crippen LogP contribution is 2.45. The Labute approximate surface area is 154 Å². The monoisotopic (exact) mass is 366 g/mol. The number of H-pyrrole nitrogens is 1. The second kappa shape index (κ2) is 8.56. The molecule has 0 unspecified atom stereocenters. The normalized spacial score (nSPS) is 23.9. The SMILES string of the molecule is CSCCC(=O)N1CCC2(CCN(Cc3cnc[nH]3)CC2)[C@H](CO)C1. The van der Waals surface area contributed by atoms with E-state index >= 15 is 0 Å². The number of hydrogen-bond acceptors (Lipinski definition) is 5. The van der Waals surface area contributed by atoms with Gasteiger partial charge in [-0.2, -0.15) is 11.8 Å². The van der Waals surface area contributed by atoms with Crippen LogP contribution in [0.5, 0.6) is 0 Å². The molecule has 2 N–H and O–H groups in total. The van der Waals surface area contributed by atoms with Gasteiger partial charge in [0.15, 0.2) is 0 Å². The molecule has 3 rings (SSSR count). The van der Waals surface area contributed by atoms with Crippen molar-refractivity contribution in [1.82, 2.24) is 19.8 Å². The van der Waals surface area contributed by atoms with E-state index in [9.17, 15) is 9.90 Å². The van der Waals surface area contributed by atoms with E-state index in [0.29, 0.717) is 6.42 Å². The van der Waals surface area contributed by atoms with Gasteiger partial charge in [-0.3, -0.25) is 9.69 Å². The fourth-order valence-electron chi connectivity index (χ4n) is 4.36. The molecule has 2 aliphatic rings. The second-order valence-electron chi connectivity index (χ2n) is 7.43. The largest absolute Gasteiger partial charge is 0.396 e. The van der Waals surface area contributed by atoms with Crippen LogP contribution in [0.2, 0.25) is 0 Å². The highest BCUT2D eigenvalue weighted by atomic mass is 32.2. The van der Waals surface area contributed by atoms with Gasteiger partial charge < -0.3 is 15.0 Å². The maximum Gasteiger partial charge on any atom is 0.223 e. The number of amides is 1. The van der Waals surface area contributed by atoms with E-state index in [0.717, 1.165) is 63.4 Å². The number of carbonyl (C=O) groups is 1. The molecule has 0 aliphatic carbocycles. The van der Waals surface area contributed by atoms with Crippen LogP contribution in [0, 0.1) is 11.3 Å². The van der Waals surface area contributed by atoms with Crippen LogP contribution in [-0.2, 0) is 11.3 Å². The molecule has 2 fully saturated rings. The summed E-state index contributed by atoms with van der Waals surface area (Å²) in [6.07, 6.45) is 9.52. The predicted molar refractivity (Wildman–Crippen MR) is 100 cm³/mol. The highest BCUT2D eigenvalue weighted by molar-refractivity contribution is 7.98. The Hall–Kier alpha value is -1.05. The number of nitrogens with zero attached hydrogens (tertiary/aromatic N) is 3. The quantitative estimate of drug-likeness (QED) is 0.800. The Morgan fingerprint density at radius 2 is 2.16 bits per heavy atom. The Morgan fingerprint density at radius 1 is 1.40 bits per heavy atom. The minimum Gasteiger partial charge on any atom is -0.396 e. The maximum atomic E-state index is 12.3. The summed E-state index contributed by atoms with van der Waals surface area (Å²) in [6, 6.07) is 0. The van der Waals surface area contributed by atoms with Crippen LogP contribution >= 0.6 is 11.8 Å². The molecule has 7 heteroatoms. The van der Waals surface area contributed by atoms with Crippen molar-refractivity contribution in [2.45, 2.75) is 32.2 Å². The molecular weight excluding hydrogens is 336 g/mol. The average Bonchev–Trinajstić information content (AvgIpc) is 3.15. The zero-order chi connectivity index (χ0) is 17.7. The van der Waals surface area contributed by atoms with Gasteiger partial charge in [0.2, 0.25) is 5.91 Å². The first-order valence-corrected chi connectivity index (χ1v) is 10.6. The molecule has 6 nitrogen and oxygen atoms in total. The molecule has 1 amide bonds. The van der Waals surface area contributed by atoms with Crippen LogP contribution in [0.15, 0.2) is 12.5 Å². The van der Waals surface area contributed by atoms with Gasteiger partial charge in [0.25, 0.3) is 0 Å². The fourth-order valence-corrected chi connectivity index (χ4v) is 4.74. The third-order valence-electron chi connectivity index (χ3n) is 6.08. The van der Waals surface area contributed by atoms with Gasteiger partial charge in [0.05, 0.1) is 6.33 Å². The molecule has 0 bridgehead atoms. The van der Waals surface area contributed by atoms with Crippen molar-refractivity contribution in [2.75, 3.05) is 44.8 Å². The number of carbonyl (C=O) groups excluding carboxylic acids is 1. The van der Waals surface area contributed by atoms with Crippen LogP contribution < -0.4 is 0 Å². The summed E-state index contributed by atoms with van der Waals surface area (Å²) in [5.74, 6) is 1.35. The number of rotatable bonds is 6. The first-order chi connectivity index (χ1) is 12.2. The maximum absolute atomic E-state index is 12.3. The van der Waals surface area contributed by atoms with Crippen molar-refractivity contribution in [2.24, 2.45) is 11.3 Å². The first-order valence-electron chi connectivity index (χ1n) is 9.24. The Balaban J connectivity index is 1.55. The predicted octanol–water partition coefficient (Wildman–Crippen LogP) is 1.59. The fraction of sp³-hybridized carbons (Fsp3) is 0.778. The molecule has 2 aliphatic heterocycles.